The van der Waals surface area contributed by atoms with Crippen LogP contribution >= 0.6 is 23.4 Å². The largest absolute Gasteiger partial charge is 0.481 e. The number of rotatable bonds is 7. The van der Waals surface area contributed by atoms with E-state index in [4.69, 9.17) is 16.7 Å². The molecule has 0 saturated carbocycles. The van der Waals surface area contributed by atoms with E-state index in [0.717, 1.165) is 22.9 Å². The lowest BCUT2D eigenvalue weighted by Crippen LogP contribution is -2.14. The standard InChI is InChI=1S/C16H19ClN2O2S/c1-3-8-22-16-18-10-12(9-15(20)21)19(16)11(2)13-6-4-5-7-14(13)17/h4-7,10-11H,3,8-9H2,1-2H3,(H,20,21). The number of imidazole rings is 1. The highest BCUT2D eigenvalue weighted by Crippen LogP contribution is 2.31. The summed E-state index contributed by atoms with van der Waals surface area (Å²) >= 11 is 7.93. The minimum atomic E-state index is -0.862. The van der Waals surface area contributed by atoms with Crippen molar-refractivity contribution >= 4 is 29.3 Å². The molecule has 0 spiro atoms. The van der Waals surface area contributed by atoms with Gasteiger partial charge in [0.2, 0.25) is 0 Å². The van der Waals surface area contributed by atoms with Crippen LogP contribution in [-0.4, -0.2) is 26.4 Å². The highest BCUT2D eigenvalue weighted by atomic mass is 35.5. The van der Waals surface area contributed by atoms with Gasteiger partial charge >= 0.3 is 5.97 Å². The number of hydrogen-bond donors (Lipinski definition) is 1. The number of carboxylic acids is 1. The first-order chi connectivity index (χ1) is 10.5. The SMILES string of the molecule is CCCSc1ncc(CC(=O)O)n1C(C)c1ccccc1Cl. The molecule has 0 aliphatic carbocycles. The third kappa shape index (κ3) is 3.84. The molecule has 1 atom stereocenters. The van der Waals surface area contributed by atoms with E-state index in [2.05, 4.69) is 11.9 Å². The zero-order valence-electron chi connectivity index (χ0n) is 12.6. The van der Waals surface area contributed by atoms with Gasteiger partial charge in [-0.25, -0.2) is 4.98 Å². The molecule has 0 fully saturated rings. The molecule has 1 N–H and O–H groups in total. The summed E-state index contributed by atoms with van der Waals surface area (Å²) in [4.78, 5) is 15.5. The van der Waals surface area contributed by atoms with Crippen LogP contribution in [0.15, 0.2) is 35.6 Å². The Balaban J connectivity index is 2.43. The number of carboxylic acid groups (broad SMARTS) is 1. The van der Waals surface area contributed by atoms with E-state index < -0.39 is 5.97 Å². The first-order valence-corrected chi connectivity index (χ1v) is 8.56. The Morgan fingerprint density at radius 3 is 2.82 bits per heavy atom. The quantitative estimate of drug-likeness (QED) is 0.766. The Kier molecular flexibility index (Phi) is 5.91. The predicted molar refractivity (Wildman–Crippen MR) is 89.8 cm³/mol. The van der Waals surface area contributed by atoms with Gasteiger partial charge in [-0.2, -0.15) is 0 Å². The van der Waals surface area contributed by atoms with Gasteiger partial charge in [0.05, 0.1) is 18.2 Å². The molecule has 1 unspecified atom stereocenters. The zero-order chi connectivity index (χ0) is 16.1. The predicted octanol–water partition coefficient (Wildman–Crippen LogP) is 4.28. The summed E-state index contributed by atoms with van der Waals surface area (Å²) in [7, 11) is 0. The molecule has 0 radical (unpaired) electrons. The Bertz CT molecular complexity index is 657. The Morgan fingerprint density at radius 1 is 1.45 bits per heavy atom. The van der Waals surface area contributed by atoms with Crippen molar-refractivity contribution in [3.8, 4) is 0 Å². The minimum Gasteiger partial charge on any atom is -0.481 e. The maximum Gasteiger partial charge on any atom is 0.309 e. The fourth-order valence-electron chi connectivity index (χ4n) is 2.33. The number of carbonyl (C=O) groups is 1. The van der Waals surface area contributed by atoms with E-state index in [-0.39, 0.29) is 12.5 Å². The second-order valence-corrected chi connectivity index (χ2v) is 6.49. The van der Waals surface area contributed by atoms with Gasteiger partial charge in [-0.15, -0.1) is 0 Å². The second-order valence-electron chi connectivity index (χ2n) is 5.02. The molecular formula is C16H19ClN2O2S. The first-order valence-electron chi connectivity index (χ1n) is 7.19. The second kappa shape index (κ2) is 7.70. The molecule has 1 aromatic carbocycles. The van der Waals surface area contributed by atoms with Gasteiger partial charge in [0.15, 0.2) is 5.16 Å². The molecule has 0 aliphatic rings. The number of thioether (sulfide) groups is 1. The van der Waals surface area contributed by atoms with Crippen LogP contribution in [-0.2, 0) is 11.2 Å². The number of benzene rings is 1. The summed E-state index contributed by atoms with van der Waals surface area (Å²) in [5.74, 6) is 0.0817. The summed E-state index contributed by atoms with van der Waals surface area (Å²) in [6, 6.07) is 7.57. The molecule has 4 nitrogen and oxygen atoms in total. The van der Waals surface area contributed by atoms with Crippen molar-refractivity contribution in [1.82, 2.24) is 9.55 Å². The maximum atomic E-state index is 11.1. The number of aliphatic carboxylic acids is 1. The fourth-order valence-corrected chi connectivity index (χ4v) is 3.55. The number of nitrogens with zero attached hydrogens (tertiary/aromatic N) is 2. The fraction of sp³-hybridized carbons (Fsp3) is 0.375. The van der Waals surface area contributed by atoms with Crippen molar-refractivity contribution < 1.29 is 9.90 Å². The van der Waals surface area contributed by atoms with Crippen LogP contribution in [0.25, 0.3) is 0 Å². The van der Waals surface area contributed by atoms with Crippen LogP contribution in [0.5, 0.6) is 0 Å². The molecule has 0 aliphatic heterocycles. The van der Waals surface area contributed by atoms with Gasteiger partial charge in [-0.3, -0.25) is 4.79 Å². The monoisotopic (exact) mass is 338 g/mol. The zero-order valence-corrected chi connectivity index (χ0v) is 14.2. The first kappa shape index (κ1) is 16.9. The van der Waals surface area contributed by atoms with Gasteiger partial charge in [0, 0.05) is 17.0 Å². The Labute approximate surface area is 139 Å². The smallest absolute Gasteiger partial charge is 0.309 e. The number of hydrogen-bond acceptors (Lipinski definition) is 3. The third-order valence-corrected chi connectivity index (χ3v) is 4.87. The van der Waals surface area contributed by atoms with Gasteiger partial charge in [0.25, 0.3) is 0 Å². The van der Waals surface area contributed by atoms with Gasteiger partial charge < -0.3 is 9.67 Å². The molecule has 2 aromatic rings. The lowest BCUT2D eigenvalue weighted by Gasteiger charge is -2.20. The van der Waals surface area contributed by atoms with Crippen molar-refractivity contribution in [2.45, 2.75) is 37.9 Å². The molecule has 118 valence electrons. The molecule has 0 saturated heterocycles. The van der Waals surface area contributed by atoms with E-state index >= 15 is 0 Å². The average molecular weight is 339 g/mol. The summed E-state index contributed by atoms with van der Waals surface area (Å²) in [5, 5.41) is 10.6. The third-order valence-electron chi connectivity index (χ3n) is 3.35. The van der Waals surface area contributed by atoms with Crippen LogP contribution in [0.2, 0.25) is 5.02 Å². The van der Waals surface area contributed by atoms with E-state index in [1.807, 2.05) is 35.8 Å². The van der Waals surface area contributed by atoms with Crippen molar-refractivity contribution in [1.29, 1.82) is 0 Å². The van der Waals surface area contributed by atoms with Crippen LogP contribution in [0, 0.1) is 0 Å². The van der Waals surface area contributed by atoms with Crippen molar-refractivity contribution in [3.63, 3.8) is 0 Å². The molecule has 1 aromatic heterocycles. The summed E-state index contributed by atoms with van der Waals surface area (Å²) < 4.78 is 1.98. The van der Waals surface area contributed by atoms with Crippen molar-refractivity contribution in [3.05, 3.63) is 46.7 Å². The van der Waals surface area contributed by atoms with Gasteiger partial charge in [-0.1, -0.05) is 48.5 Å². The Morgan fingerprint density at radius 2 is 2.18 bits per heavy atom. The Hall–Kier alpha value is -1.46. The molecule has 22 heavy (non-hydrogen) atoms. The highest BCUT2D eigenvalue weighted by molar-refractivity contribution is 7.99. The average Bonchev–Trinajstić information content (AvgIpc) is 2.86. The van der Waals surface area contributed by atoms with Crippen LogP contribution in [0.4, 0.5) is 0 Å². The molecule has 1 heterocycles. The summed E-state index contributed by atoms with van der Waals surface area (Å²) in [5.41, 5.74) is 1.66. The van der Waals surface area contributed by atoms with E-state index in [9.17, 15) is 4.79 Å². The maximum absolute atomic E-state index is 11.1. The number of halogens is 1. The van der Waals surface area contributed by atoms with Gasteiger partial charge in [0.1, 0.15) is 0 Å². The highest BCUT2D eigenvalue weighted by Gasteiger charge is 2.20. The van der Waals surface area contributed by atoms with Crippen molar-refractivity contribution in [2.24, 2.45) is 0 Å². The molecule has 0 amide bonds. The molecular weight excluding hydrogens is 320 g/mol. The van der Waals surface area contributed by atoms with Crippen LogP contribution < -0.4 is 0 Å². The summed E-state index contributed by atoms with van der Waals surface area (Å²) in [6.45, 7) is 4.13. The normalized spacial score (nSPS) is 12.3. The van der Waals surface area contributed by atoms with E-state index in [0.29, 0.717) is 10.7 Å². The molecule has 0 bridgehead atoms. The van der Waals surface area contributed by atoms with Gasteiger partial charge in [-0.05, 0) is 25.0 Å². The topological polar surface area (TPSA) is 55.1 Å². The van der Waals surface area contributed by atoms with Crippen molar-refractivity contribution in [2.75, 3.05) is 5.75 Å². The summed E-state index contributed by atoms with van der Waals surface area (Å²) in [6.07, 6.45) is 2.64. The van der Waals surface area contributed by atoms with Crippen LogP contribution in [0.1, 0.15) is 37.6 Å². The lowest BCUT2D eigenvalue weighted by atomic mass is 10.1. The van der Waals surface area contributed by atoms with E-state index in [1.165, 1.54) is 0 Å². The van der Waals surface area contributed by atoms with Crippen LogP contribution in [0.3, 0.4) is 0 Å². The van der Waals surface area contributed by atoms with E-state index in [1.54, 1.807) is 18.0 Å². The molecule has 6 heteroatoms. The minimum absolute atomic E-state index is 0.0471. The number of aromatic nitrogens is 2. The molecule has 2 rings (SSSR count). The lowest BCUT2D eigenvalue weighted by molar-refractivity contribution is -0.136.